The molecule has 1 unspecified atom stereocenters. The summed E-state index contributed by atoms with van der Waals surface area (Å²) in [6.07, 6.45) is 4.67. The van der Waals surface area contributed by atoms with Crippen molar-refractivity contribution in [3.63, 3.8) is 0 Å². The molecule has 0 aromatic carbocycles. The molecule has 17 heavy (non-hydrogen) atoms. The lowest BCUT2D eigenvalue weighted by molar-refractivity contribution is -0.149. The largest absolute Gasteiger partial charge is 0.463 e. The van der Waals surface area contributed by atoms with Crippen LogP contribution in [0.4, 0.5) is 0 Å². The van der Waals surface area contributed by atoms with Crippen LogP contribution in [0.3, 0.4) is 0 Å². The number of ether oxygens (including phenoxy) is 2. The highest BCUT2D eigenvalue weighted by Gasteiger charge is 2.09. The molecular weight excluding hydrogens is 216 g/mol. The molecule has 0 fully saturated rings. The Morgan fingerprint density at radius 2 is 1.82 bits per heavy atom. The van der Waals surface area contributed by atoms with Crippen LogP contribution in [0.5, 0.6) is 0 Å². The lowest BCUT2D eigenvalue weighted by Gasteiger charge is -2.13. The van der Waals surface area contributed by atoms with Crippen LogP contribution >= 0.6 is 0 Å². The first-order valence-electron chi connectivity index (χ1n) is 6.83. The van der Waals surface area contributed by atoms with Crippen LogP contribution in [0.2, 0.25) is 0 Å². The van der Waals surface area contributed by atoms with E-state index in [1.807, 2.05) is 6.92 Å². The van der Waals surface area contributed by atoms with Gasteiger partial charge in [0.15, 0.2) is 0 Å². The summed E-state index contributed by atoms with van der Waals surface area (Å²) < 4.78 is 10.5. The summed E-state index contributed by atoms with van der Waals surface area (Å²) in [6.45, 7) is 9.63. The van der Waals surface area contributed by atoms with Gasteiger partial charge in [0.1, 0.15) is 0 Å². The van der Waals surface area contributed by atoms with Gasteiger partial charge in [0.25, 0.3) is 0 Å². The SMILES string of the molecule is CCCOCCC(=O)OC(C)CCCC(C)C. The van der Waals surface area contributed by atoms with Gasteiger partial charge in [-0.25, -0.2) is 0 Å². The maximum Gasteiger partial charge on any atom is 0.308 e. The first-order valence-corrected chi connectivity index (χ1v) is 6.83. The number of carbonyl (C=O) groups excluding carboxylic acids is 1. The van der Waals surface area contributed by atoms with Gasteiger partial charge in [0.05, 0.1) is 19.1 Å². The maximum atomic E-state index is 11.4. The second-order valence-corrected chi connectivity index (χ2v) is 4.99. The van der Waals surface area contributed by atoms with Crippen molar-refractivity contribution in [3.8, 4) is 0 Å². The van der Waals surface area contributed by atoms with Crippen LogP contribution in [0.25, 0.3) is 0 Å². The van der Waals surface area contributed by atoms with E-state index < -0.39 is 0 Å². The smallest absolute Gasteiger partial charge is 0.308 e. The Hall–Kier alpha value is -0.570. The monoisotopic (exact) mass is 244 g/mol. The number of hydrogen-bond donors (Lipinski definition) is 0. The van der Waals surface area contributed by atoms with Gasteiger partial charge in [0.2, 0.25) is 0 Å². The van der Waals surface area contributed by atoms with E-state index in [2.05, 4.69) is 20.8 Å². The molecule has 0 aromatic heterocycles. The minimum absolute atomic E-state index is 0.0347. The van der Waals surface area contributed by atoms with Crippen molar-refractivity contribution in [1.82, 2.24) is 0 Å². The third-order valence-electron chi connectivity index (χ3n) is 2.52. The summed E-state index contributed by atoms with van der Waals surface area (Å²) in [6, 6.07) is 0. The second kappa shape index (κ2) is 10.6. The number of esters is 1. The van der Waals surface area contributed by atoms with Crippen LogP contribution < -0.4 is 0 Å². The van der Waals surface area contributed by atoms with E-state index in [0.29, 0.717) is 13.0 Å². The molecule has 0 spiro atoms. The number of hydrogen-bond acceptors (Lipinski definition) is 3. The predicted molar refractivity (Wildman–Crippen MR) is 70.0 cm³/mol. The van der Waals surface area contributed by atoms with Gasteiger partial charge >= 0.3 is 5.97 Å². The molecule has 3 heteroatoms. The molecule has 0 heterocycles. The summed E-state index contributed by atoms with van der Waals surface area (Å²) in [5.74, 6) is 0.582. The van der Waals surface area contributed by atoms with Crippen LogP contribution in [0.15, 0.2) is 0 Å². The van der Waals surface area contributed by atoms with E-state index in [1.54, 1.807) is 0 Å². The summed E-state index contributed by atoms with van der Waals surface area (Å²) >= 11 is 0. The average molecular weight is 244 g/mol. The zero-order valence-electron chi connectivity index (χ0n) is 11.8. The van der Waals surface area contributed by atoms with Crippen LogP contribution in [0, 0.1) is 5.92 Å². The van der Waals surface area contributed by atoms with E-state index in [9.17, 15) is 4.79 Å². The third kappa shape index (κ3) is 11.7. The summed E-state index contributed by atoms with van der Waals surface area (Å²) in [7, 11) is 0. The average Bonchev–Trinajstić information content (AvgIpc) is 2.23. The van der Waals surface area contributed by atoms with Crippen molar-refractivity contribution in [1.29, 1.82) is 0 Å². The van der Waals surface area contributed by atoms with Crippen LogP contribution in [0.1, 0.15) is 59.8 Å². The van der Waals surface area contributed by atoms with E-state index >= 15 is 0 Å². The summed E-state index contributed by atoms with van der Waals surface area (Å²) in [4.78, 5) is 11.4. The molecule has 0 aliphatic rings. The van der Waals surface area contributed by atoms with E-state index in [4.69, 9.17) is 9.47 Å². The molecule has 0 saturated carbocycles. The minimum Gasteiger partial charge on any atom is -0.463 e. The Kier molecular flexibility index (Phi) is 10.2. The molecule has 0 saturated heterocycles. The van der Waals surface area contributed by atoms with Crippen LogP contribution in [-0.4, -0.2) is 25.3 Å². The predicted octanol–water partition coefficient (Wildman–Crippen LogP) is 3.56. The molecule has 0 bridgehead atoms. The molecule has 0 radical (unpaired) electrons. The van der Waals surface area contributed by atoms with Crippen molar-refractivity contribution in [2.45, 2.75) is 65.9 Å². The van der Waals surface area contributed by atoms with Gasteiger partial charge in [-0.2, -0.15) is 0 Å². The Morgan fingerprint density at radius 1 is 1.12 bits per heavy atom. The van der Waals surface area contributed by atoms with Crippen molar-refractivity contribution in [2.24, 2.45) is 5.92 Å². The Bertz CT molecular complexity index is 190. The normalized spacial score (nSPS) is 12.8. The standard InChI is InChI=1S/C14H28O3/c1-5-10-16-11-9-14(15)17-13(4)8-6-7-12(2)3/h12-13H,5-11H2,1-4H3. The number of carbonyl (C=O) groups is 1. The van der Waals surface area contributed by atoms with Gasteiger partial charge in [-0.3, -0.25) is 4.79 Å². The molecule has 3 nitrogen and oxygen atoms in total. The topological polar surface area (TPSA) is 35.5 Å². The van der Waals surface area contributed by atoms with Crippen LogP contribution in [-0.2, 0) is 14.3 Å². The molecule has 102 valence electrons. The highest BCUT2D eigenvalue weighted by molar-refractivity contribution is 5.69. The molecule has 0 rings (SSSR count). The fraction of sp³-hybridized carbons (Fsp3) is 0.929. The van der Waals surface area contributed by atoms with Gasteiger partial charge in [-0.15, -0.1) is 0 Å². The second-order valence-electron chi connectivity index (χ2n) is 4.99. The van der Waals surface area contributed by atoms with Gasteiger partial charge in [-0.1, -0.05) is 27.2 Å². The lowest BCUT2D eigenvalue weighted by atomic mass is 10.0. The summed E-state index contributed by atoms with van der Waals surface area (Å²) in [5.41, 5.74) is 0. The Labute approximate surface area is 106 Å². The van der Waals surface area contributed by atoms with Crippen molar-refractivity contribution in [2.75, 3.05) is 13.2 Å². The molecule has 1 atom stereocenters. The Morgan fingerprint density at radius 3 is 2.41 bits per heavy atom. The quantitative estimate of drug-likeness (QED) is 0.435. The van der Waals surface area contributed by atoms with E-state index in [1.165, 1.54) is 6.42 Å². The Balaban J connectivity index is 3.45. The van der Waals surface area contributed by atoms with E-state index in [0.717, 1.165) is 31.8 Å². The molecule has 0 aromatic rings. The van der Waals surface area contributed by atoms with E-state index in [-0.39, 0.29) is 12.1 Å². The van der Waals surface area contributed by atoms with Gasteiger partial charge in [-0.05, 0) is 32.1 Å². The zero-order chi connectivity index (χ0) is 13.1. The highest BCUT2D eigenvalue weighted by atomic mass is 16.5. The first-order chi connectivity index (χ1) is 8.06. The highest BCUT2D eigenvalue weighted by Crippen LogP contribution is 2.10. The minimum atomic E-state index is -0.141. The first kappa shape index (κ1) is 16.4. The lowest BCUT2D eigenvalue weighted by Crippen LogP contribution is -2.16. The third-order valence-corrected chi connectivity index (χ3v) is 2.52. The van der Waals surface area contributed by atoms with Gasteiger partial charge < -0.3 is 9.47 Å². The fourth-order valence-corrected chi connectivity index (χ4v) is 1.56. The van der Waals surface area contributed by atoms with Crippen molar-refractivity contribution < 1.29 is 14.3 Å². The maximum absolute atomic E-state index is 11.4. The summed E-state index contributed by atoms with van der Waals surface area (Å²) in [5, 5.41) is 0. The van der Waals surface area contributed by atoms with Crippen molar-refractivity contribution in [3.05, 3.63) is 0 Å². The van der Waals surface area contributed by atoms with Crippen molar-refractivity contribution >= 4 is 5.97 Å². The number of rotatable bonds is 10. The molecule has 0 N–H and O–H groups in total. The molecule has 0 aliphatic carbocycles. The zero-order valence-corrected chi connectivity index (χ0v) is 11.8. The molecule has 0 aliphatic heterocycles. The fourth-order valence-electron chi connectivity index (χ4n) is 1.56. The molecule has 0 amide bonds. The van der Waals surface area contributed by atoms with Gasteiger partial charge in [0, 0.05) is 6.61 Å². The molecular formula is C14H28O3.